The number of hydrogen-bond donors (Lipinski definition) is 2. The Bertz CT molecular complexity index is 1170. The number of hydrogen-bond acceptors (Lipinski definition) is 5. The molecular formula is C23H19N5. The SMILES string of the molecule is C=C1C=Cc2cc(-c3ccnc(NC)c3)c(-c3cccc(C#N)c3C)nc2N1. The summed E-state index contributed by atoms with van der Waals surface area (Å²) in [5.41, 5.74) is 7.07. The second-order valence-corrected chi connectivity index (χ2v) is 6.58. The molecule has 5 nitrogen and oxygen atoms in total. The predicted molar refractivity (Wildman–Crippen MR) is 114 cm³/mol. The topological polar surface area (TPSA) is 73.6 Å². The molecule has 4 rings (SSSR count). The van der Waals surface area contributed by atoms with Crippen LogP contribution in [-0.2, 0) is 0 Å². The van der Waals surface area contributed by atoms with Crippen molar-refractivity contribution in [1.29, 1.82) is 5.26 Å². The molecule has 0 unspecified atom stereocenters. The third kappa shape index (κ3) is 3.01. The van der Waals surface area contributed by atoms with Crippen LogP contribution in [0.1, 0.15) is 16.7 Å². The van der Waals surface area contributed by atoms with E-state index in [1.165, 1.54) is 0 Å². The first-order valence-electron chi connectivity index (χ1n) is 8.94. The predicted octanol–water partition coefficient (Wildman–Crippen LogP) is 4.98. The molecule has 0 bridgehead atoms. The molecule has 136 valence electrons. The smallest absolute Gasteiger partial charge is 0.138 e. The van der Waals surface area contributed by atoms with Crippen molar-refractivity contribution in [3.63, 3.8) is 0 Å². The monoisotopic (exact) mass is 365 g/mol. The third-order valence-electron chi connectivity index (χ3n) is 4.83. The normalized spacial score (nSPS) is 12.1. The van der Waals surface area contributed by atoms with E-state index in [1.807, 2.05) is 56.5 Å². The number of pyridine rings is 2. The number of aromatic nitrogens is 2. The van der Waals surface area contributed by atoms with E-state index in [2.05, 4.69) is 34.3 Å². The molecule has 0 spiro atoms. The van der Waals surface area contributed by atoms with Gasteiger partial charge in [-0.15, -0.1) is 0 Å². The average Bonchev–Trinajstić information content (AvgIpc) is 2.73. The van der Waals surface area contributed by atoms with Crippen LogP contribution in [0.5, 0.6) is 0 Å². The summed E-state index contributed by atoms with van der Waals surface area (Å²) in [5, 5.41) is 15.8. The Morgan fingerprint density at radius 1 is 1.14 bits per heavy atom. The van der Waals surface area contributed by atoms with E-state index in [0.717, 1.165) is 50.8 Å². The molecule has 28 heavy (non-hydrogen) atoms. The van der Waals surface area contributed by atoms with Gasteiger partial charge in [-0.25, -0.2) is 9.97 Å². The van der Waals surface area contributed by atoms with Gasteiger partial charge in [0, 0.05) is 35.6 Å². The summed E-state index contributed by atoms with van der Waals surface area (Å²) in [6.45, 7) is 5.92. The summed E-state index contributed by atoms with van der Waals surface area (Å²) in [5.74, 6) is 1.54. The van der Waals surface area contributed by atoms with Crippen molar-refractivity contribution in [3.8, 4) is 28.5 Å². The number of fused-ring (bicyclic) bond motifs is 1. The fourth-order valence-electron chi connectivity index (χ4n) is 3.31. The molecule has 1 aliphatic heterocycles. The summed E-state index contributed by atoms with van der Waals surface area (Å²) >= 11 is 0. The number of allylic oxidation sites excluding steroid dienone is 1. The quantitative estimate of drug-likeness (QED) is 0.684. The van der Waals surface area contributed by atoms with Crippen LogP contribution in [0.15, 0.2) is 60.9 Å². The molecule has 0 saturated carbocycles. The van der Waals surface area contributed by atoms with Crippen LogP contribution in [0.4, 0.5) is 11.6 Å². The number of anilines is 2. The van der Waals surface area contributed by atoms with Gasteiger partial charge in [0.25, 0.3) is 0 Å². The minimum Gasteiger partial charge on any atom is -0.373 e. The molecule has 0 radical (unpaired) electrons. The lowest BCUT2D eigenvalue weighted by Gasteiger charge is -2.19. The lowest BCUT2D eigenvalue weighted by molar-refractivity contribution is 1.25. The summed E-state index contributed by atoms with van der Waals surface area (Å²) in [6.07, 6.45) is 5.71. The van der Waals surface area contributed by atoms with Crippen molar-refractivity contribution in [2.24, 2.45) is 0 Å². The van der Waals surface area contributed by atoms with Crippen molar-refractivity contribution >= 4 is 17.7 Å². The van der Waals surface area contributed by atoms with Crippen molar-refractivity contribution in [2.45, 2.75) is 6.92 Å². The number of rotatable bonds is 3. The van der Waals surface area contributed by atoms with Crippen molar-refractivity contribution in [1.82, 2.24) is 9.97 Å². The van der Waals surface area contributed by atoms with Crippen molar-refractivity contribution in [3.05, 3.63) is 77.6 Å². The Balaban J connectivity index is 2.01. The van der Waals surface area contributed by atoms with E-state index in [9.17, 15) is 5.26 Å². The molecule has 0 amide bonds. The molecule has 2 aromatic heterocycles. The maximum atomic E-state index is 9.45. The highest BCUT2D eigenvalue weighted by Gasteiger charge is 2.18. The van der Waals surface area contributed by atoms with Crippen LogP contribution < -0.4 is 10.6 Å². The average molecular weight is 365 g/mol. The van der Waals surface area contributed by atoms with E-state index in [4.69, 9.17) is 4.98 Å². The number of benzene rings is 1. The second kappa shape index (κ2) is 7.01. The maximum Gasteiger partial charge on any atom is 0.138 e. The van der Waals surface area contributed by atoms with Gasteiger partial charge >= 0.3 is 0 Å². The number of nitrogens with zero attached hydrogens (tertiary/aromatic N) is 3. The van der Waals surface area contributed by atoms with Gasteiger partial charge in [0.1, 0.15) is 11.6 Å². The largest absolute Gasteiger partial charge is 0.373 e. The molecule has 1 aliphatic rings. The molecule has 0 aliphatic carbocycles. The van der Waals surface area contributed by atoms with Crippen LogP contribution in [-0.4, -0.2) is 17.0 Å². The number of nitriles is 1. The highest BCUT2D eigenvalue weighted by atomic mass is 15.0. The van der Waals surface area contributed by atoms with Gasteiger partial charge in [-0.1, -0.05) is 18.7 Å². The molecule has 3 aromatic rings. The molecule has 2 N–H and O–H groups in total. The third-order valence-corrected chi connectivity index (χ3v) is 4.83. The van der Waals surface area contributed by atoms with Crippen molar-refractivity contribution < 1.29 is 0 Å². The maximum absolute atomic E-state index is 9.45. The standard InChI is InChI=1S/C23H19N5/c1-14-7-8-17-11-20(16-9-10-26-21(12-16)25-3)22(28-23(17)27-14)19-6-4-5-18(13-24)15(19)2/h4-12H,1H2,2-3H3,(H,25,26)(H,27,28). The van der Waals surface area contributed by atoms with Gasteiger partial charge < -0.3 is 10.6 Å². The number of nitrogens with one attached hydrogen (secondary N) is 2. The van der Waals surface area contributed by atoms with Gasteiger partial charge in [0.05, 0.1) is 17.3 Å². The minimum atomic E-state index is 0.644. The van der Waals surface area contributed by atoms with Gasteiger partial charge in [-0.3, -0.25) is 0 Å². The Morgan fingerprint density at radius 2 is 2.00 bits per heavy atom. The van der Waals surface area contributed by atoms with E-state index >= 15 is 0 Å². The Morgan fingerprint density at radius 3 is 2.79 bits per heavy atom. The lowest BCUT2D eigenvalue weighted by atomic mass is 9.93. The summed E-state index contributed by atoms with van der Waals surface area (Å²) in [7, 11) is 1.84. The van der Waals surface area contributed by atoms with Crippen LogP contribution in [0.3, 0.4) is 0 Å². The lowest BCUT2D eigenvalue weighted by Crippen LogP contribution is -2.06. The first kappa shape index (κ1) is 17.5. The van der Waals surface area contributed by atoms with Crippen LogP contribution in [0.2, 0.25) is 0 Å². The Hall–Kier alpha value is -3.91. The molecule has 1 aromatic carbocycles. The molecule has 0 saturated heterocycles. The zero-order chi connectivity index (χ0) is 19.7. The molecule has 3 heterocycles. The Labute approximate surface area is 164 Å². The van der Waals surface area contributed by atoms with Gasteiger partial charge in [0.2, 0.25) is 0 Å². The van der Waals surface area contributed by atoms with E-state index < -0.39 is 0 Å². The van der Waals surface area contributed by atoms with Crippen LogP contribution in [0, 0.1) is 18.3 Å². The first-order chi connectivity index (χ1) is 13.6. The van der Waals surface area contributed by atoms with Gasteiger partial charge in [-0.05, 0) is 54.5 Å². The molecule has 0 fully saturated rings. The Kier molecular flexibility index (Phi) is 4.38. The highest BCUT2D eigenvalue weighted by molar-refractivity contribution is 5.88. The summed E-state index contributed by atoms with van der Waals surface area (Å²) in [6, 6.07) is 14.1. The van der Waals surface area contributed by atoms with E-state index in [1.54, 1.807) is 6.20 Å². The zero-order valence-electron chi connectivity index (χ0n) is 15.7. The summed E-state index contributed by atoms with van der Waals surface area (Å²) < 4.78 is 0. The minimum absolute atomic E-state index is 0.644. The second-order valence-electron chi connectivity index (χ2n) is 6.58. The van der Waals surface area contributed by atoms with E-state index in [-0.39, 0.29) is 0 Å². The van der Waals surface area contributed by atoms with E-state index in [0.29, 0.717) is 5.56 Å². The van der Waals surface area contributed by atoms with Crippen LogP contribution >= 0.6 is 0 Å². The molecular weight excluding hydrogens is 346 g/mol. The van der Waals surface area contributed by atoms with Gasteiger partial charge in [0.15, 0.2) is 0 Å². The zero-order valence-corrected chi connectivity index (χ0v) is 15.7. The van der Waals surface area contributed by atoms with Crippen molar-refractivity contribution in [2.75, 3.05) is 17.7 Å². The molecule has 5 heteroatoms. The summed E-state index contributed by atoms with van der Waals surface area (Å²) in [4.78, 5) is 9.24. The van der Waals surface area contributed by atoms with Gasteiger partial charge in [-0.2, -0.15) is 5.26 Å². The first-order valence-corrected chi connectivity index (χ1v) is 8.94. The van der Waals surface area contributed by atoms with Crippen LogP contribution in [0.25, 0.3) is 28.5 Å². The molecule has 0 atom stereocenters. The fourth-order valence-corrected chi connectivity index (χ4v) is 3.31. The fraction of sp³-hybridized carbons (Fsp3) is 0.0870. The highest BCUT2D eigenvalue weighted by Crippen LogP contribution is 2.38.